The number of aliphatic hydroxyl groups excluding tert-OH is 1. The van der Waals surface area contributed by atoms with E-state index < -0.39 is 6.10 Å². The fraction of sp³-hybridized carbons (Fsp3) is 0.560. The van der Waals surface area contributed by atoms with E-state index in [9.17, 15) is 15.3 Å². The summed E-state index contributed by atoms with van der Waals surface area (Å²) < 4.78 is 5.72. The molecule has 4 N–H and O–H groups in total. The molecule has 1 aromatic carbocycles. The van der Waals surface area contributed by atoms with Crippen LogP contribution in [0, 0.1) is 0 Å². The van der Waals surface area contributed by atoms with Gasteiger partial charge in [0.05, 0.1) is 6.10 Å². The number of nitrogens with one attached hydrogen (secondary N) is 1. The molecule has 0 saturated heterocycles. The third kappa shape index (κ3) is 11.7. The fourth-order valence-corrected chi connectivity index (χ4v) is 3.49. The van der Waals surface area contributed by atoms with E-state index in [1.54, 1.807) is 0 Å². The second-order valence-corrected chi connectivity index (χ2v) is 8.01. The highest BCUT2D eigenvalue weighted by Crippen LogP contribution is 2.24. The van der Waals surface area contributed by atoms with Crippen LogP contribution in [-0.2, 0) is 11.2 Å². The summed E-state index contributed by atoms with van der Waals surface area (Å²) in [7, 11) is 0. The lowest BCUT2D eigenvalue weighted by molar-refractivity contribution is 0.125. The molecule has 172 valence electrons. The molecule has 0 bridgehead atoms. The molecule has 6 heteroatoms. The highest BCUT2D eigenvalue weighted by molar-refractivity contribution is 5.37. The van der Waals surface area contributed by atoms with Gasteiger partial charge in [-0.15, -0.1) is 0 Å². The molecule has 0 radical (unpaired) electrons. The number of aryl methyl sites for hydroxylation is 1. The van der Waals surface area contributed by atoms with Crippen LogP contribution in [0.2, 0.25) is 0 Å². The predicted molar refractivity (Wildman–Crippen MR) is 123 cm³/mol. The maximum absolute atomic E-state index is 10.1. The van der Waals surface area contributed by atoms with E-state index in [1.807, 2.05) is 18.3 Å². The highest BCUT2D eigenvalue weighted by Gasteiger charge is 2.09. The van der Waals surface area contributed by atoms with Crippen LogP contribution in [0.4, 0.5) is 0 Å². The first-order valence-corrected chi connectivity index (χ1v) is 11.5. The molecule has 0 amide bonds. The average Bonchev–Trinajstić information content (AvgIpc) is 2.76. The number of phenols is 2. The van der Waals surface area contributed by atoms with Crippen LogP contribution in [0.1, 0.15) is 68.7 Å². The maximum atomic E-state index is 10.1. The molecule has 1 heterocycles. The lowest BCUT2D eigenvalue weighted by Crippen LogP contribution is -2.22. The van der Waals surface area contributed by atoms with Crippen molar-refractivity contribution in [3.8, 4) is 11.5 Å². The van der Waals surface area contributed by atoms with Crippen LogP contribution < -0.4 is 5.32 Å². The van der Waals surface area contributed by atoms with E-state index in [4.69, 9.17) is 4.74 Å². The number of hydrogen-bond donors (Lipinski definition) is 4. The minimum Gasteiger partial charge on any atom is -0.508 e. The van der Waals surface area contributed by atoms with Crippen LogP contribution in [0.3, 0.4) is 0 Å². The normalized spacial score (nSPS) is 12.2. The van der Waals surface area contributed by atoms with Crippen molar-refractivity contribution in [2.75, 3.05) is 26.3 Å². The number of benzene rings is 1. The molecule has 0 saturated carbocycles. The molecule has 0 spiro atoms. The van der Waals surface area contributed by atoms with Gasteiger partial charge in [0.15, 0.2) is 0 Å². The number of aromatic nitrogens is 1. The van der Waals surface area contributed by atoms with Crippen LogP contribution in [-0.4, -0.2) is 46.6 Å². The van der Waals surface area contributed by atoms with Crippen molar-refractivity contribution >= 4 is 0 Å². The number of phenolic OH excluding ortho intramolecular Hbond substituents is 2. The molecule has 0 aliphatic rings. The molecular weight excluding hydrogens is 392 g/mol. The highest BCUT2D eigenvalue weighted by atomic mass is 16.5. The molecule has 0 aliphatic carbocycles. The van der Waals surface area contributed by atoms with E-state index in [0.29, 0.717) is 12.1 Å². The van der Waals surface area contributed by atoms with Gasteiger partial charge in [0.2, 0.25) is 0 Å². The zero-order valence-electron chi connectivity index (χ0n) is 18.5. The number of aromatic hydroxyl groups is 2. The topological polar surface area (TPSA) is 94.8 Å². The van der Waals surface area contributed by atoms with Gasteiger partial charge in [0.25, 0.3) is 0 Å². The minimum atomic E-state index is -0.749. The monoisotopic (exact) mass is 430 g/mol. The first kappa shape index (κ1) is 25.1. The van der Waals surface area contributed by atoms with Crippen molar-refractivity contribution in [2.24, 2.45) is 0 Å². The first-order chi connectivity index (χ1) is 15.1. The molecule has 2 aromatic rings. The number of pyridine rings is 1. The van der Waals surface area contributed by atoms with E-state index in [0.717, 1.165) is 58.3 Å². The number of nitrogens with zero attached hydrogens (tertiary/aromatic N) is 1. The lowest BCUT2D eigenvalue weighted by atomic mass is 10.1. The summed E-state index contributed by atoms with van der Waals surface area (Å²) >= 11 is 0. The third-order valence-electron chi connectivity index (χ3n) is 5.24. The van der Waals surface area contributed by atoms with Gasteiger partial charge in [-0.25, -0.2) is 0 Å². The second-order valence-electron chi connectivity index (χ2n) is 8.01. The number of rotatable bonds is 17. The summed E-state index contributed by atoms with van der Waals surface area (Å²) in [6.07, 6.45) is 11.4. The Labute approximate surface area is 186 Å². The van der Waals surface area contributed by atoms with Crippen molar-refractivity contribution in [1.82, 2.24) is 10.3 Å². The van der Waals surface area contributed by atoms with Gasteiger partial charge in [0, 0.05) is 37.7 Å². The Balaban J connectivity index is 1.33. The van der Waals surface area contributed by atoms with Crippen molar-refractivity contribution in [3.63, 3.8) is 0 Å². The Kier molecular flexibility index (Phi) is 12.7. The summed E-state index contributed by atoms with van der Waals surface area (Å²) in [5.74, 6) is -0.0891. The molecule has 0 aliphatic heterocycles. The van der Waals surface area contributed by atoms with E-state index in [1.165, 1.54) is 43.2 Å². The van der Waals surface area contributed by atoms with Crippen molar-refractivity contribution in [3.05, 3.63) is 53.9 Å². The van der Waals surface area contributed by atoms with E-state index in [2.05, 4.69) is 16.4 Å². The molecule has 1 atom stereocenters. The third-order valence-corrected chi connectivity index (χ3v) is 5.24. The summed E-state index contributed by atoms with van der Waals surface area (Å²) in [6.45, 7) is 2.92. The van der Waals surface area contributed by atoms with Crippen LogP contribution in [0.15, 0.2) is 42.6 Å². The van der Waals surface area contributed by atoms with Gasteiger partial charge in [-0.2, -0.15) is 0 Å². The number of hydrogen-bond acceptors (Lipinski definition) is 6. The number of ether oxygens (including phenoxy) is 1. The molecule has 1 aromatic heterocycles. The van der Waals surface area contributed by atoms with Crippen LogP contribution in [0.5, 0.6) is 11.5 Å². The maximum Gasteiger partial charge on any atom is 0.119 e. The second kappa shape index (κ2) is 15.6. The van der Waals surface area contributed by atoms with Crippen LogP contribution >= 0.6 is 0 Å². The summed E-state index contributed by atoms with van der Waals surface area (Å²) in [5.41, 5.74) is 1.69. The zero-order valence-corrected chi connectivity index (χ0v) is 18.5. The largest absolute Gasteiger partial charge is 0.508 e. The lowest BCUT2D eigenvalue weighted by Gasteiger charge is -2.13. The Hall–Kier alpha value is -2.15. The summed E-state index contributed by atoms with van der Waals surface area (Å²) in [4.78, 5) is 4.35. The first-order valence-electron chi connectivity index (χ1n) is 11.5. The molecule has 6 nitrogen and oxygen atoms in total. The summed E-state index contributed by atoms with van der Waals surface area (Å²) in [5, 5.41) is 32.3. The Morgan fingerprint density at radius 3 is 2.19 bits per heavy atom. The number of aliphatic hydroxyl groups is 1. The van der Waals surface area contributed by atoms with Gasteiger partial charge in [-0.3, -0.25) is 4.98 Å². The van der Waals surface area contributed by atoms with E-state index in [-0.39, 0.29) is 11.5 Å². The van der Waals surface area contributed by atoms with Crippen LogP contribution in [0.25, 0.3) is 0 Å². The predicted octanol–water partition coefficient (Wildman–Crippen LogP) is 4.50. The molecule has 31 heavy (non-hydrogen) atoms. The molecular formula is C25H38N2O4. The minimum absolute atomic E-state index is 0.0446. The Morgan fingerprint density at radius 2 is 1.52 bits per heavy atom. The Bertz CT molecular complexity index is 692. The van der Waals surface area contributed by atoms with E-state index >= 15 is 0 Å². The quantitative estimate of drug-likeness (QED) is 0.276. The molecule has 0 fully saturated rings. The fourth-order valence-electron chi connectivity index (χ4n) is 3.49. The summed E-state index contributed by atoms with van der Waals surface area (Å²) in [6, 6.07) is 10.3. The SMILES string of the molecule is Oc1cc(O)cc(C(O)CNCCCCCCOCCCCCCc2ccccn2)c1. The Morgan fingerprint density at radius 1 is 0.839 bits per heavy atom. The number of unbranched alkanes of at least 4 members (excludes halogenated alkanes) is 6. The average molecular weight is 431 g/mol. The van der Waals surface area contributed by atoms with Crippen molar-refractivity contribution < 1.29 is 20.1 Å². The van der Waals surface area contributed by atoms with Gasteiger partial charge in [-0.1, -0.05) is 31.7 Å². The van der Waals surface area contributed by atoms with Crippen molar-refractivity contribution in [1.29, 1.82) is 0 Å². The van der Waals surface area contributed by atoms with Gasteiger partial charge < -0.3 is 25.4 Å². The van der Waals surface area contributed by atoms with Gasteiger partial charge in [0.1, 0.15) is 11.5 Å². The van der Waals surface area contributed by atoms with Gasteiger partial charge in [-0.05, 0) is 68.5 Å². The standard InChI is InChI=1S/C25H38N2O4/c28-23-17-21(18-24(29)19-23)25(30)20-26-13-7-2-4-10-16-31-15-9-3-1-5-11-22-12-6-8-14-27-22/h6,8,12,14,17-19,25-26,28-30H,1-5,7,9-11,13,15-16,20H2. The smallest absolute Gasteiger partial charge is 0.119 e. The van der Waals surface area contributed by atoms with Crippen molar-refractivity contribution in [2.45, 2.75) is 63.9 Å². The molecule has 2 rings (SSSR count). The molecule has 1 unspecified atom stereocenters. The zero-order chi connectivity index (χ0) is 22.2. The van der Waals surface area contributed by atoms with Gasteiger partial charge >= 0.3 is 0 Å².